The Labute approximate surface area is 180 Å². The van der Waals surface area contributed by atoms with Crippen LogP contribution >= 0.6 is 0 Å². The van der Waals surface area contributed by atoms with Gasteiger partial charge in [-0.15, -0.1) is 0 Å². The molecule has 3 aliphatic carbocycles. The van der Waals surface area contributed by atoms with Crippen molar-refractivity contribution in [2.45, 2.75) is 99.0 Å². The summed E-state index contributed by atoms with van der Waals surface area (Å²) in [6, 6.07) is 0. The minimum absolute atomic E-state index is 0.121. The van der Waals surface area contributed by atoms with E-state index in [0.717, 1.165) is 37.0 Å². The molecule has 1 nitrogen and oxygen atoms in total. The molecule has 0 aromatic heterocycles. The van der Waals surface area contributed by atoms with Crippen molar-refractivity contribution in [2.24, 2.45) is 40.9 Å². The molecular formula is C28H46O. The number of fused-ring (bicyclic) bond motifs is 1. The summed E-state index contributed by atoms with van der Waals surface area (Å²) in [7, 11) is 0. The molecule has 3 rings (SSSR count). The summed E-state index contributed by atoms with van der Waals surface area (Å²) in [4.78, 5) is 0. The lowest BCUT2D eigenvalue weighted by Gasteiger charge is -2.44. The maximum Gasteiger partial charge on any atom is 0.0577 e. The lowest BCUT2D eigenvalue weighted by molar-refractivity contribution is 0.112. The van der Waals surface area contributed by atoms with Gasteiger partial charge in [0.05, 0.1) is 6.10 Å². The van der Waals surface area contributed by atoms with Crippen molar-refractivity contribution in [1.29, 1.82) is 0 Å². The average molecular weight is 399 g/mol. The van der Waals surface area contributed by atoms with Crippen LogP contribution in [0.2, 0.25) is 0 Å². The van der Waals surface area contributed by atoms with Crippen LogP contribution in [0.15, 0.2) is 35.5 Å². The molecule has 0 amide bonds. The zero-order chi connectivity index (χ0) is 21.2. The minimum Gasteiger partial charge on any atom is -0.393 e. The summed E-state index contributed by atoms with van der Waals surface area (Å²) in [6.45, 7) is 14.4. The molecular weight excluding hydrogens is 352 g/mol. The van der Waals surface area contributed by atoms with Gasteiger partial charge >= 0.3 is 0 Å². The summed E-state index contributed by atoms with van der Waals surface area (Å²) in [5.41, 5.74) is 3.63. The highest BCUT2D eigenvalue weighted by atomic mass is 16.3. The highest BCUT2D eigenvalue weighted by Crippen LogP contribution is 2.59. The molecule has 3 saturated carbocycles. The third-order valence-electron chi connectivity index (χ3n) is 8.99. The van der Waals surface area contributed by atoms with Gasteiger partial charge in [-0.25, -0.2) is 0 Å². The van der Waals surface area contributed by atoms with Crippen molar-refractivity contribution >= 4 is 0 Å². The number of rotatable bonds is 5. The summed E-state index contributed by atoms with van der Waals surface area (Å²) in [5.74, 6) is 4.29. The lowest BCUT2D eigenvalue weighted by Crippen LogP contribution is -2.35. The molecule has 29 heavy (non-hydrogen) atoms. The zero-order valence-corrected chi connectivity index (χ0v) is 20.0. The van der Waals surface area contributed by atoms with E-state index in [-0.39, 0.29) is 6.10 Å². The Kier molecular flexibility index (Phi) is 7.52. The van der Waals surface area contributed by atoms with E-state index >= 15 is 0 Å². The Bertz CT molecular complexity index is 639. The second-order valence-electron chi connectivity index (χ2n) is 11.3. The van der Waals surface area contributed by atoms with Crippen molar-refractivity contribution in [1.82, 2.24) is 0 Å². The highest BCUT2D eigenvalue weighted by molar-refractivity contribution is 5.27. The second kappa shape index (κ2) is 9.54. The molecule has 0 radical (unpaired) electrons. The van der Waals surface area contributed by atoms with E-state index in [1.54, 1.807) is 5.57 Å². The van der Waals surface area contributed by atoms with Gasteiger partial charge < -0.3 is 5.11 Å². The Hall–Kier alpha value is -0.820. The topological polar surface area (TPSA) is 20.2 Å². The maximum atomic E-state index is 10.1. The van der Waals surface area contributed by atoms with E-state index in [1.165, 1.54) is 37.7 Å². The normalized spacial score (nSPS) is 40.7. The highest BCUT2D eigenvalue weighted by Gasteiger charge is 2.50. The van der Waals surface area contributed by atoms with Crippen LogP contribution in [0.1, 0.15) is 92.9 Å². The molecule has 0 aromatic carbocycles. The van der Waals surface area contributed by atoms with Gasteiger partial charge in [-0.2, -0.15) is 0 Å². The van der Waals surface area contributed by atoms with Crippen molar-refractivity contribution in [3.05, 3.63) is 35.5 Å². The van der Waals surface area contributed by atoms with Crippen LogP contribution in [0.4, 0.5) is 0 Å². The number of hydrogen-bond acceptors (Lipinski definition) is 1. The van der Waals surface area contributed by atoms with Gasteiger partial charge in [0.25, 0.3) is 0 Å². The van der Waals surface area contributed by atoms with Crippen LogP contribution in [0.25, 0.3) is 0 Å². The van der Waals surface area contributed by atoms with Crippen LogP contribution in [0.5, 0.6) is 0 Å². The van der Waals surface area contributed by atoms with Gasteiger partial charge in [0.1, 0.15) is 0 Å². The number of aliphatic hydroxyl groups excluding tert-OH is 1. The van der Waals surface area contributed by atoms with Crippen LogP contribution in [-0.4, -0.2) is 11.2 Å². The molecule has 0 spiro atoms. The standard InChI is InChI=1S/C28H46O/c1-19(2)20(3)9-10-22(5)26-15-16-27-23(8-7-17-28(26,27)6)12-13-24-18-25(29)14-11-21(24)4/h9-10,12-13,19-22,25-27,29H,7-8,11,14-18H2,1-6H3/b10-9+,23-12-,24-13-/t20-,21-,22-,25+,26-,27-,28+/m1/s1. The van der Waals surface area contributed by atoms with E-state index in [2.05, 4.69) is 65.8 Å². The first kappa shape index (κ1) is 22.9. The average Bonchev–Trinajstić information content (AvgIpc) is 3.04. The van der Waals surface area contributed by atoms with Crippen molar-refractivity contribution < 1.29 is 5.11 Å². The summed E-state index contributed by atoms with van der Waals surface area (Å²) in [6.07, 6.45) is 19.5. The van der Waals surface area contributed by atoms with Crippen LogP contribution in [0.3, 0.4) is 0 Å². The summed E-state index contributed by atoms with van der Waals surface area (Å²) in [5, 5.41) is 10.1. The number of allylic oxidation sites excluding steroid dienone is 5. The Morgan fingerprint density at radius 3 is 2.41 bits per heavy atom. The molecule has 1 heteroatoms. The first-order valence-corrected chi connectivity index (χ1v) is 12.5. The minimum atomic E-state index is -0.121. The quantitative estimate of drug-likeness (QED) is 0.470. The van der Waals surface area contributed by atoms with E-state index in [4.69, 9.17) is 0 Å². The van der Waals surface area contributed by atoms with Crippen LogP contribution in [-0.2, 0) is 0 Å². The van der Waals surface area contributed by atoms with Gasteiger partial charge in [0.15, 0.2) is 0 Å². The van der Waals surface area contributed by atoms with Crippen LogP contribution < -0.4 is 0 Å². The van der Waals surface area contributed by atoms with E-state index in [9.17, 15) is 5.11 Å². The first-order valence-electron chi connectivity index (χ1n) is 12.5. The third-order valence-corrected chi connectivity index (χ3v) is 8.99. The third kappa shape index (κ3) is 5.09. The van der Waals surface area contributed by atoms with E-state index < -0.39 is 0 Å². The molecule has 7 atom stereocenters. The second-order valence-corrected chi connectivity index (χ2v) is 11.3. The SMILES string of the molecule is CC(C)[C@H](C)/C=C/[C@@H](C)[C@H]1CC[C@@H]2/C(=C\C=C3\C[C@@H](O)CC[C@H]3C)CCC[C@]21C. The van der Waals surface area contributed by atoms with Crippen molar-refractivity contribution in [2.75, 3.05) is 0 Å². The van der Waals surface area contributed by atoms with E-state index in [0.29, 0.717) is 23.2 Å². The smallest absolute Gasteiger partial charge is 0.0577 e. The Morgan fingerprint density at radius 1 is 0.966 bits per heavy atom. The molecule has 0 aromatic rings. The number of aliphatic hydroxyl groups is 1. The fourth-order valence-electron chi connectivity index (χ4n) is 6.50. The molecule has 0 saturated heterocycles. The van der Waals surface area contributed by atoms with Gasteiger partial charge in [0, 0.05) is 0 Å². The van der Waals surface area contributed by atoms with Gasteiger partial charge in [-0.3, -0.25) is 0 Å². The molecule has 0 heterocycles. The van der Waals surface area contributed by atoms with Crippen LogP contribution in [0, 0.1) is 40.9 Å². The lowest BCUT2D eigenvalue weighted by atomic mass is 9.61. The fraction of sp³-hybridized carbons (Fsp3) is 0.786. The fourth-order valence-corrected chi connectivity index (χ4v) is 6.50. The van der Waals surface area contributed by atoms with E-state index in [1.807, 2.05) is 0 Å². The summed E-state index contributed by atoms with van der Waals surface area (Å²) >= 11 is 0. The van der Waals surface area contributed by atoms with Gasteiger partial charge in [-0.1, -0.05) is 77.0 Å². The summed E-state index contributed by atoms with van der Waals surface area (Å²) < 4.78 is 0. The van der Waals surface area contributed by atoms with Crippen molar-refractivity contribution in [3.63, 3.8) is 0 Å². The molecule has 0 bridgehead atoms. The van der Waals surface area contributed by atoms with Gasteiger partial charge in [-0.05, 0) is 92.3 Å². The van der Waals surface area contributed by atoms with Crippen molar-refractivity contribution in [3.8, 4) is 0 Å². The first-order chi connectivity index (χ1) is 13.7. The molecule has 164 valence electrons. The molecule has 3 fully saturated rings. The Morgan fingerprint density at radius 2 is 1.69 bits per heavy atom. The predicted octanol–water partition coefficient (Wildman–Crippen LogP) is 7.72. The predicted molar refractivity (Wildman–Crippen MR) is 126 cm³/mol. The molecule has 0 aliphatic heterocycles. The molecule has 0 unspecified atom stereocenters. The number of hydrogen-bond donors (Lipinski definition) is 1. The monoisotopic (exact) mass is 398 g/mol. The maximum absolute atomic E-state index is 10.1. The zero-order valence-electron chi connectivity index (χ0n) is 20.0. The molecule has 1 N–H and O–H groups in total. The Balaban J connectivity index is 1.74. The van der Waals surface area contributed by atoms with Gasteiger partial charge in [0.2, 0.25) is 0 Å². The molecule has 3 aliphatic rings. The largest absolute Gasteiger partial charge is 0.393 e.